The average Bonchev–Trinajstić information content (AvgIpc) is 2.94. The van der Waals surface area contributed by atoms with Gasteiger partial charge >= 0.3 is 0 Å². The van der Waals surface area contributed by atoms with Gasteiger partial charge in [0.2, 0.25) is 0 Å². The van der Waals surface area contributed by atoms with Gasteiger partial charge in [-0.05, 0) is 50.6 Å². The van der Waals surface area contributed by atoms with E-state index >= 15 is 0 Å². The maximum Gasteiger partial charge on any atom is 0.0938 e. The van der Waals surface area contributed by atoms with E-state index in [0.717, 1.165) is 3.79 Å². The van der Waals surface area contributed by atoms with Crippen molar-refractivity contribution in [2.24, 2.45) is 0 Å². The Morgan fingerprint density at radius 2 is 1.36 bits per heavy atom. The fraction of sp³-hybridized carbons (Fsp3) is 0.158. The molecule has 2 heterocycles. The predicted molar refractivity (Wildman–Crippen MR) is 98.8 cm³/mol. The highest BCUT2D eigenvalue weighted by Gasteiger charge is 2.36. The lowest BCUT2D eigenvalue weighted by molar-refractivity contribution is 0.632. The minimum absolute atomic E-state index is 0.00614. The molecule has 1 aliphatic heterocycles. The van der Waals surface area contributed by atoms with Crippen molar-refractivity contribution in [2.45, 2.75) is 19.3 Å². The van der Waals surface area contributed by atoms with Gasteiger partial charge in [0.05, 0.1) is 20.8 Å². The molecule has 0 unspecified atom stereocenters. The van der Waals surface area contributed by atoms with Crippen LogP contribution in [0, 0.1) is 0 Å². The number of hydrogen-bond acceptors (Lipinski definition) is 2. The van der Waals surface area contributed by atoms with Crippen LogP contribution >= 0.6 is 27.3 Å². The molecule has 0 aliphatic carbocycles. The molecule has 0 saturated carbocycles. The molecule has 2 aromatic carbocycles. The first-order valence-electron chi connectivity index (χ1n) is 7.33. The number of rotatable bonds is 1. The van der Waals surface area contributed by atoms with Gasteiger partial charge in [-0.1, -0.05) is 50.2 Å². The molecular formula is C19H16BrNS. The Labute approximate surface area is 143 Å². The Kier molecular flexibility index (Phi) is 3.17. The van der Waals surface area contributed by atoms with Crippen molar-refractivity contribution in [2.75, 3.05) is 4.90 Å². The Hall–Kier alpha value is -1.58. The van der Waals surface area contributed by atoms with Gasteiger partial charge in [0, 0.05) is 5.41 Å². The van der Waals surface area contributed by atoms with Crippen LogP contribution in [0.3, 0.4) is 0 Å². The molecule has 1 nitrogen and oxygen atoms in total. The summed E-state index contributed by atoms with van der Waals surface area (Å²) >= 11 is 5.43. The van der Waals surface area contributed by atoms with E-state index in [0.29, 0.717) is 0 Å². The van der Waals surface area contributed by atoms with Crippen molar-refractivity contribution in [1.29, 1.82) is 0 Å². The molecule has 0 atom stereocenters. The van der Waals surface area contributed by atoms with Crippen LogP contribution in [0.4, 0.5) is 17.1 Å². The minimum Gasteiger partial charge on any atom is -0.308 e. The molecule has 0 bridgehead atoms. The first-order chi connectivity index (χ1) is 10.6. The topological polar surface area (TPSA) is 3.24 Å². The van der Waals surface area contributed by atoms with Gasteiger partial charge in [-0.2, -0.15) is 0 Å². The lowest BCUT2D eigenvalue weighted by atomic mass is 9.73. The molecule has 110 valence electrons. The molecular weight excluding hydrogens is 354 g/mol. The van der Waals surface area contributed by atoms with Crippen LogP contribution in [0.25, 0.3) is 0 Å². The molecule has 0 saturated heterocycles. The third-order valence-corrected chi connectivity index (χ3v) is 6.13. The van der Waals surface area contributed by atoms with Crippen LogP contribution in [0.5, 0.6) is 0 Å². The van der Waals surface area contributed by atoms with Crippen molar-refractivity contribution < 1.29 is 0 Å². The number of nitrogens with zero attached hydrogens (tertiary/aromatic N) is 1. The molecule has 0 fully saturated rings. The van der Waals surface area contributed by atoms with E-state index in [2.05, 4.69) is 94.7 Å². The van der Waals surface area contributed by atoms with E-state index in [9.17, 15) is 0 Å². The second kappa shape index (κ2) is 4.97. The molecule has 3 aromatic rings. The maximum absolute atomic E-state index is 3.71. The second-order valence-corrected chi connectivity index (χ2v) is 8.31. The third kappa shape index (κ3) is 1.89. The highest BCUT2D eigenvalue weighted by molar-refractivity contribution is 9.11. The van der Waals surface area contributed by atoms with Gasteiger partial charge in [-0.3, -0.25) is 0 Å². The number of hydrogen-bond donors (Lipinski definition) is 0. The van der Waals surface area contributed by atoms with Gasteiger partial charge in [0.25, 0.3) is 0 Å². The number of para-hydroxylation sites is 2. The first-order valence-corrected chi connectivity index (χ1v) is 9.00. The van der Waals surface area contributed by atoms with Gasteiger partial charge < -0.3 is 4.90 Å². The van der Waals surface area contributed by atoms with Crippen LogP contribution in [0.2, 0.25) is 0 Å². The molecule has 22 heavy (non-hydrogen) atoms. The van der Waals surface area contributed by atoms with Crippen molar-refractivity contribution in [3.05, 3.63) is 74.9 Å². The van der Waals surface area contributed by atoms with Crippen LogP contribution in [-0.4, -0.2) is 0 Å². The molecule has 1 aromatic heterocycles. The van der Waals surface area contributed by atoms with Crippen molar-refractivity contribution in [1.82, 2.24) is 0 Å². The quantitative estimate of drug-likeness (QED) is 0.465. The van der Waals surface area contributed by atoms with Crippen molar-refractivity contribution in [3.63, 3.8) is 0 Å². The summed E-state index contributed by atoms with van der Waals surface area (Å²) in [5.41, 5.74) is 6.49. The molecule has 1 aliphatic rings. The molecule has 4 rings (SSSR count). The Morgan fingerprint density at radius 1 is 0.818 bits per heavy atom. The lowest BCUT2D eigenvalue weighted by Crippen LogP contribution is -2.30. The van der Waals surface area contributed by atoms with Gasteiger partial charge in [0.1, 0.15) is 0 Å². The Morgan fingerprint density at radius 3 is 1.86 bits per heavy atom. The summed E-state index contributed by atoms with van der Waals surface area (Å²) in [4.78, 5) is 2.37. The highest BCUT2D eigenvalue weighted by atomic mass is 79.9. The molecule has 3 heteroatoms. The minimum atomic E-state index is 0.00614. The number of thiophene rings is 1. The molecule has 0 amide bonds. The number of halogens is 1. The van der Waals surface area contributed by atoms with Crippen LogP contribution in [0.15, 0.2) is 63.8 Å². The summed E-state index contributed by atoms with van der Waals surface area (Å²) < 4.78 is 1.16. The molecule has 0 radical (unpaired) electrons. The van der Waals surface area contributed by atoms with Gasteiger partial charge in [0.15, 0.2) is 0 Å². The lowest BCUT2D eigenvalue weighted by Gasteiger charge is -2.41. The fourth-order valence-electron chi connectivity index (χ4n) is 3.38. The summed E-state index contributed by atoms with van der Waals surface area (Å²) in [5.74, 6) is 0. The largest absolute Gasteiger partial charge is 0.308 e. The third-order valence-electron chi connectivity index (χ3n) is 4.48. The van der Waals surface area contributed by atoms with Gasteiger partial charge in [-0.15, -0.1) is 11.3 Å². The summed E-state index contributed by atoms with van der Waals surface area (Å²) in [6.07, 6.45) is 0. The predicted octanol–water partition coefficient (Wildman–Crippen LogP) is 6.62. The maximum atomic E-state index is 3.71. The SMILES string of the molecule is CC1(C)c2ccccc2N(c2ccsc2Br)c2ccccc21. The highest BCUT2D eigenvalue weighted by Crippen LogP contribution is 2.53. The summed E-state index contributed by atoms with van der Waals surface area (Å²) in [6.45, 7) is 4.62. The van der Waals surface area contributed by atoms with Crippen LogP contribution in [-0.2, 0) is 5.41 Å². The number of anilines is 3. The van der Waals surface area contributed by atoms with Gasteiger partial charge in [-0.25, -0.2) is 0 Å². The first kappa shape index (κ1) is 14.0. The smallest absolute Gasteiger partial charge is 0.0938 e. The fourth-order valence-corrected chi connectivity index (χ4v) is 4.60. The monoisotopic (exact) mass is 369 g/mol. The van der Waals surface area contributed by atoms with E-state index in [1.807, 2.05) is 0 Å². The average molecular weight is 370 g/mol. The number of benzene rings is 2. The standard InChI is InChI=1S/C19H16BrNS/c1-19(2)13-7-3-5-9-15(13)21(17-11-12-22-18(17)20)16-10-6-4-8-14(16)19/h3-12H,1-2H3. The van der Waals surface area contributed by atoms with E-state index in [1.54, 1.807) is 11.3 Å². The number of fused-ring (bicyclic) bond motifs is 2. The van der Waals surface area contributed by atoms with Crippen molar-refractivity contribution >= 4 is 44.3 Å². The molecule has 0 N–H and O–H groups in total. The zero-order valence-corrected chi connectivity index (χ0v) is 14.9. The zero-order valence-electron chi connectivity index (χ0n) is 12.5. The van der Waals surface area contributed by atoms with Crippen LogP contribution < -0.4 is 4.90 Å². The van der Waals surface area contributed by atoms with E-state index in [1.165, 1.54) is 28.2 Å². The Balaban J connectivity index is 2.07. The van der Waals surface area contributed by atoms with E-state index < -0.39 is 0 Å². The summed E-state index contributed by atoms with van der Waals surface area (Å²) in [5, 5.41) is 2.13. The molecule has 0 spiro atoms. The summed E-state index contributed by atoms with van der Waals surface area (Å²) in [6, 6.07) is 19.6. The Bertz CT molecular complexity index is 800. The van der Waals surface area contributed by atoms with Crippen molar-refractivity contribution in [3.8, 4) is 0 Å². The van der Waals surface area contributed by atoms with E-state index in [-0.39, 0.29) is 5.41 Å². The second-order valence-electron chi connectivity index (χ2n) is 6.07. The van der Waals surface area contributed by atoms with Crippen LogP contribution in [0.1, 0.15) is 25.0 Å². The summed E-state index contributed by atoms with van der Waals surface area (Å²) in [7, 11) is 0. The zero-order chi connectivity index (χ0) is 15.3. The van der Waals surface area contributed by atoms with E-state index in [4.69, 9.17) is 0 Å². The normalized spacial score (nSPS) is 15.3.